The average Bonchev–Trinajstić information content (AvgIpc) is 3.17. The van der Waals surface area contributed by atoms with Crippen LogP contribution in [0, 0.1) is 11.3 Å². The van der Waals surface area contributed by atoms with Gasteiger partial charge in [0.1, 0.15) is 28.6 Å². The van der Waals surface area contributed by atoms with Gasteiger partial charge in [-0.2, -0.15) is 0 Å². The maximum atomic E-state index is 7.16. The average molecular weight is 708 g/mol. The highest BCUT2D eigenvalue weighted by molar-refractivity contribution is 6.88. The molecule has 5 heteroatoms. The van der Waals surface area contributed by atoms with E-state index in [1.807, 2.05) is 0 Å². The first-order chi connectivity index (χ1) is 26.1. The van der Waals surface area contributed by atoms with Crippen LogP contribution in [-0.2, 0) is 10.2 Å². The van der Waals surface area contributed by atoms with E-state index in [0.29, 0.717) is 12.6 Å². The first-order valence-electron chi connectivity index (χ1n) is 20.0. The van der Waals surface area contributed by atoms with Crippen LogP contribution >= 0.6 is 0 Å². The van der Waals surface area contributed by atoms with Gasteiger partial charge in [0, 0.05) is 30.2 Å². The monoisotopic (exact) mass is 707 g/mol. The van der Waals surface area contributed by atoms with Crippen molar-refractivity contribution in [3.05, 3.63) is 166 Å². The second-order valence-corrected chi connectivity index (χ2v) is 17.6. The van der Waals surface area contributed by atoms with E-state index < -0.39 is 5.60 Å². The molecule has 3 aromatic carbocycles. The van der Waals surface area contributed by atoms with Crippen molar-refractivity contribution < 1.29 is 14.2 Å². The third kappa shape index (κ3) is 4.38. The Morgan fingerprint density at radius 2 is 1.76 bits per heavy atom. The fourth-order valence-electron chi connectivity index (χ4n) is 11.1. The number of ether oxygens (including phenoxy) is 3. The molecule has 0 spiro atoms. The second kappa shape index (κ2) is 11.2. The van der Waals surface area contributed by atoms with Crippen molar-refractivity contribution in [3.8, 4) is 22.6 Å². The summed E-state index contributed by atoms with van der Waals surface area (Å²) >= 11 is 0. The molecule has 2 unspecified atom stereocenters. The lowest BCUT2D eigenvalue weighted by atomic mass is 9.24. The quantitative estimate of drug-likeness (QED) is 0.254. The summed E-state index contributed by atoms with van der Waals surface area (Å²) in [7, 11) is 0. The number of nitrogens with zero attached hydrogens (tertiary/aromatic N) is 1. The molecule has 0 saturated heterocycles. The lowest BCUT2D eigenvalue weighted by Gasteiger charge is -2.53. The summed E-state index contributed by atoms with van der Waals surface area (Å²) in [6.45, 7) is 12.3. The fraction of sp³-hybridized carbons (Fsp3) is 0.306. The lowest BCUT2D eigenvalue weighted by molar-refractivity contribution is 0.0312. The summed E-state index contributed by atoms with van der Waals surface area (Å²) in [5.74, 6) is 5.03. The van der Waals surface area contributed by atoms with Gasteiger partial charge in [-0.05, 0) is 90.6 Å². The van der Waals surface area contributed by atoms with Crippen LogP contribution in [0.3, 0.4) is 0 Å². The molecule has 268 valence electrons. The molecule has 54 heavy (non-hydrogen) atoms. The van der Waals surface area contributed by atoms with E-state index in [1.165, 1.54) is 22.1 Å². The van der Waals surface area contributed by atoms with Crippen LogP contribution in [0.2, 0.25) is 0 Å². The van der Waals surface area contributed by atoms with Gasteiger partial charge >= 0.3 is 0 Å². The first kappa shape index (κ1) is 32.3. The summed E-state index contributed by atoms with van der Waals surface area (Å²) in [5, 5.41) is 0. The van der Waals surface area contributed by atoms with Crippen LogP contribution in [0.25, 0.3) is 11.1 Å². The maximum Gasteiger partial charge on any atom is 0.238 e. The molecular formula is C49H46BNO3. The van der Waals surface area contributed by atoms with Crippen molar-refractivity contribution in [1.82, 2.24) is 0 Å². The zero-order chi connectivity index (χ0) is 36.6. The van der Waals surface area contributed by atoms with Crippen molar-refractivity contribution >= 4 is 17.9 Å². The third-order valence-corrected chi connectivity index (χ3v) is 13.8. The van der Waals surface area contributed by atoms with Crippen molar-refractivity contribution in [2.45, 2.75) is 84.2 Å². The number of hydrogen-bond acceptors (Lipinski definition) is 4. The Balaban J connectivity index is 1.00. The van der Waals surface area contributed by atoms with Gasteiger partial charge < -0.3 is 19.1 Å². The minimum atomic E-state index is -0.402. The van der Waals surface area contributed by atoms with Gasteiger partial charge in [-0.3, -0.25) is 0 Å². The smallest absolute Gasteiger partial charge is 0.238 e. The number of benzene rings is 3. The van der Waals surface area contributed by atoms with E-state index >= 15 is 0 Å². The van der Waals surface area contributed by atoms with E-state index in [4.69, 9.17) is 14.2 Å². The Morgan fingerprint density at radius 3 is 2.67 bits per heavy atom. The number of anilines is 1. The Bertz CT molecular complexity index is 2460. The molecule has 0 radical (unpaired) electrons. The van der Waals surface area contributed by atoms with Gasteiger partial charge in [0.2, 0.25) is 6.71 Å². The molecule has 4 aliphatic heterocycles. The molecule has 2 atom stereocenters. The molecule has 8 aliphatic rings. The number of rotatable bonds is 3. The Hall–Kier alpha value is -5.16. The topological polar surface area (TPSA) is 30.9 Å². The minimum absolute atomic E-state index is 0.0431. The van der Waals surface area contributed by atoms with Crippen LogP contribution in [0.5, 0.6) is 11.5 Å². The SMILES string of the molecule is CC12CC=CC=C1N1C3=C(CCC=C3Oc3cc(-c4ccccc4OC4=CC5=C6B(C7=C(CCC=C7)C5(C)C)c5ccccc5C(C)(C)C6C4)ccc31)O2. The second-order valence-electron chi connectivity index (χ2n) is 17.6. The molecular weight excluding hydrogens is 661 g/mol. The van der Waals surface area contributed by atoms with Gasteiger partial charge in [0.15, 0.2) is 11.5 Å². The Kier molecular flexibility index (Phi) is 6.69. The highest BCUT2D eigenvalue weighted by Gasteiger charge is 2.54. The summed E-state index contributed by atoms with van der Waals surface area (Å²) in [6.07, 6.45) is 21.8. The maximum absolute atomic E-state index is 7.16. The molecule has 4 nitrogen and oxygen atoms in total. The highest BCUT2D eigenvalue weighted by atomic mass is 16.5. The zero-order valence-corrected chi connectivity index (χ0v) is 32.0. The Morgan fingerprint density at radius 1 is 0.907 bits per heavy atom. The molecule has 4 heterocycles. The summed E-state index contributed by atoms with van der Waals surface area (Å²) < 4.78 is 20.6. The normalized spacial score (nSPS) is 26.2. The van der Waals surface area contributed by atoms with Crippen molar-refractivity contribution in [3.63, 3.8) is 0 Å². The van der Waals surface area contributed by atoms with Crippen molar-refractivity contribution in [2.24, 2.45) is 11.3 Å². The van der Waals surface area contributed by atoms with Gasteiger partial charge in [0.05, 0.1) is 11.4 Å². The van der Waals surface area contributed by atoms with E-state index in [2.05, 4.69) is 149 Å². The molecule has 0 bridgehead atoms. The van der Waals surface area contributed by atoms with Gasteiger partial charge in [-0.15, -0.1) is 0 Å². The predicted molar refractivity (Wildman–Crippen MR) is 219 cm³/mol. The largest absolute Gasteiger partial charge is 0.483 e. The van der Waals surface area contributed by atoms with Gasteiger partial charge in [-0.25, -0.2) is 0 Å². The van der Waals surface area contributed by atoms with Gasteiger partial charge in [0.25, 0.3) is 0 Å². The van der Waals surface area contributed by atoms with Crippen LogP contribution in [0.15, 0.2) is 160 Å². The van der Waals surface area contributed by atoms with Crippen LogP contribution in [0.1, 0.15) is 78.7 Å². The molecule has 0 fully saturated rings. The van der Waals surface area contributed by atoms with E-state index in [0.717, 1.165) is 95.5 Å². The molecule has 4 aliphatic carbocycles. The minimum Gasteiger partial charge on any atom is -0.483 e. The number of para-hydroxylation sites is 1. The number of allylic oxidation sites excluding steroid dienone is 12. The zero-order valence-electron chi connectivity index (χ0n) is 32.0. The first-order valence-corrected chi connectivity index (χ1v) is 20.0. The van der Waals surface area contributed by atoms with Crippen molar-refractivity contribution in [2.75, 3.05) is 4.90 Å². The molecule has 0 saturated carbocycles. The van der Waals surface area contributed by atoms with Crippen LogP contribution in [0.4, 0.5) is 5.69 Å². The predicted octanol–water partition coefficient (Wildman–Crippen LogP) is 11.1. The summed E-state index contributed by atoms with van der Waals surface area (Å²) in [6, 6.07) is 24.4. The number of fused-ring (bicyclic) bond motifs is 7. The van der Waals surface area contributed by atoms with Gasteiger partial charge in [-0.1, -0.05) is 123 Å². The third-order valence-electron chi connectivity index (χ3n) is 13.8. The van der Waals surface area contributed by atoms with Crippen molar-refractivity contribution in [1.29, 1.82) is 0 Å². The lowest BCUT2D eigenvalue weighted by Crippen LogP contribution is -2.56. The standard InChI is InChI=1S/C49H46BNO3/c1-47(2)33-16-7-9-18-37(33)50-38-19-10-8-17-34(38)48(3,4)36-29-31(28-35(47)45(36)50)52-40-20-11-6-15-32(40)30-24-25-39-43(27-30)53-41-21-14-22-42-46(41)51(39)44-23-12-13-26-49(44,5)54-42/h6-7,9-13,15-16,18-21,23-25,27,29,35H,8,14,17,22,26,28H2,1-5H3. The Labute approximate surface area is 319 Å². The van der Waals surface area contributed by atoms with E-state index in [1.54, 1.807) is 11.0 Å². The van der Waals surface area contributed by atoms with E-state index in [-0.39, 0.29) is 10.8 Å². The molecule has 0 N–H and O–H groups in total. The van der Waals surface area contributed by atoms with Crippen LogP contribution in [-0.4, -0.2) is 12.3 Å². The fourth-order valence-corrected chi connectivity index (χ4v) is 11.1. The van der Waals surface area contributed by atoms with Crippen LogP contribution < -0.4 is 19.8 Å². The molecule has 11 rings (SSSR count). The molecule has 0 aromatic heterocycles. The number of hydrogen-bond donors (Lipinski definition) is 0. The highest BCUT2D eigenvalue weighted by Crippen LogP contribution is 2.58. The molecule has 3 aromatic rings. The summed E-state index contributed by atoms with van der Waals surface area (Å²) in [5.41, 5.74) is 14.0. The van der Waals surface area contributed by atoms with E-state index in [9.17, 15) is 0 Å². The summed E-state index contributed by atoms with van der Waals surface area (Å²) in [4.78, 5) is 2.39. The molecule has 0 amide bonds.